The summed E-state index contributed by atoms with van der Waals surface area (Å²) in [5, 5.41) is 11.0. The van der Waals surface area contributed by atoms with Gasteiger partial charge in [0.2, 0.25) is 5.69 Å². The van der Waals surface area contributed by atoms with E-state index in [-0.39, 0.29) is 11.6 Å². The van der Waals surface area contributed by atoms with Crippen LogP contribution in [0.5, 0.6) is 5.88 Å². The molecule has 1 unspecified atom stereocenters. The number of nitrogens with zero attached hydrogens (tertiary/aromatic N) is 4. The summed E-state index contributed by atoms with van der Waals surface area (Å²) in [5.74, 6) is 0.245. The van der Waals surface area contributed by atoms with E-state index in [1.54, 1.807) is 24.3 Å². The van der Waals surface area contributed by atoms with E-state index in [0.717, 1.165) is 24.2 Å². The molecule has 0 amide bonds. The fourth-order valence-corrected chi connectivity index (χ4v) is 4.76. The van der Waals surface area contributed by atoms with Crippen molar-refractivity contribution in [1.82, 2.24) is 14.9 Å². The molecule has 0 radical (unpaired) electrons. The molecule has 1 fully saturated rings. The van der Waals surface area contributed by atoms with Gasteiger partial charge in [-0.1, -0.05) is 70.1 Å². The fourth-order valence-electron chi connectivity index (χ4n) is 3.51. The van der Waals surface area contributed by atoms with Gasteiger partial charge < -0.3 is 4.74 Å². The number of halogens is 3. The largest absolute Gasteiger partial charge is 0.474 e. The first-order valence-electron chi connectivity index (χ1n) is 9.90. The molecule has 5 nitrogen and oxygen atoms in total. The molecule has 3 aromatic rings. The number of ether oxygens (including phenoxy) is 1. The molecule has 158 valence electrons. The molecule has 4 rings (SSSR count). The molecule has 1 aliphatic heterocycles. The molecule has 1 atom stereocenters. The van der Waals surface area contributed by atoms with Gasteiger partial charge in [-0.05, 0) is 43.7 Å². The molecular formula is C23H19Cl2IN4O. The summed E-state index contributed by atoms with van der Waals surface area (Å²) < 4.78 is 6.47. The number of hydrogen-bond acceptors (Lipinski definition) is 5. The second kappa shape index (κ2) is 10.1. The SMILES string of the molecule is N#Cc1nc(-c2ccc(Cl)cc2)c(-c2ccc(Cl)cc2)nc1OCCN1CCCC1I. The number of aromatic nitrogens is 2. The van der Waals surface area contributed by atoms with Crippen molar-refractivity contribution in [2.75, 3.05) is 19.7 Å². The highest BCUT2D eigenvalue weighted by Gasteiger charge is 2.22. The predicted molar refractivity (Wildman–Crippen MR) is 132 cm³/mol. The maximum atomic E-state index is 9.70. The first-order valence-corrected chi connectivity index (χ1v) is 11.9. The number of hydrogen-bond donors (Lipinski definition) is 0. The third-order valence-corrected chi connectivity index (χ3v) is 7.02. The molecule has 0 aliphatic carbocycles. The number of benzene rings is 2. The maximum absolute atomic E-state index is 9.70. The Labute approximate surface area is 205 Å². The van der Waals surface area contributed by atoms with Gasteiger partial charge in [-0.3, -0.25) is 4.90 Å². The Kier molecular flexibility index (Phi) is 7.28. The van der Waals surface area contributed by atoms with E-state index < -0.39 is 0 Å². The van der Waals surface area contributed by atoms with Crippen molar-refractivity contribution in [1.29, 1.82) is 5.26 Å². The van der Waals surface area contributed by atoms with Crippen molar-refractivity contribution < 1.29 is 4.74 Å². The lowest BCUT2D eigenvalue weighted by atomic mass is 10.0. The minimum absolute atomic E-state index is 0.162. The van der Waals surface area contributed by atoms with Crippen LogP contribution in [-0.2, 0) is 0 Å². The van der Waals surface area contributed by atoms with Crippen LogP contribution in [-0.4, -0.2) is 38.6 Å². The molecule has 8 heteroatoms. The van der Waals surface area contributed by atoms with Gasteiger partial charge in [0, 0.05) is 27.7 Å². The van der Waals surface area contributed by atoms with E-state index in [1.807, 2.05) is 24.3 Å². The van der Waals surface area contributed by atoms with Gasteiger partial charge in [0.1, 0.15) is 18.4 Å². The summed E-state index contributed by atoms with van der Waals surface area (Å²) >= 11 is 14.6. The predicted octanol–water partition coefficient (Wildman–Crippen LogP) is 6.22. The van der Waals surface area contributed by atoms with E-state index in [0.29, 0.717) is 32.1 Å². The van der Waals surface area contributed by atoms with E-state index >= 15 is 0 Å². The monoisotopic (exact) mass is 564 g/mol. The minimum Gasteiger partial charge on any atom is -0.474 e. The third kappa shape index (κ3) is 5.29. The molecule has 1 aromatic heterocycles. The zero-order valence-corrected chi connectivity index (χ0v) is 20.2. The average molecular weight is 565 g/mol. The molecule has 2 heterocycles. The van der Waals surface area contributed by atoms with Gasteiger partial charge in [0.25, 0.3) is 5.88 Å². The number of nitriles is 1. The second-order valence-corrected chi connectivity index (χ2v) is 9.47. The fraction of sp³-hybridized carbons (Fsp3) is 0.261. The molecule has 0 spiro atoms. The van der Waals surface area contributed by atoms with E-state index in [1.165, 1.54) is 12.8 Å². The summed E-state index contributed by atoms with van der Waals surface area (Å²) in [6, 6.07) is 16.8. The minimum atomic E-state index is 0.162. The Morgan fingerprint density at radius 2 is 1.58 bits per heavy atom. The van der Waals surface area contributed by atoms with Gasteiger partial charge in [0.15, 0.2) is 0 Å². The zero-order valence-electron chi connectivity index (χ0n) is 16.6. The lowest BCUT2D eigenvalue weighted by Gasteiger charge is -2.20. The van der Waals surface area contributed by atoms with Gasteiger partial charge in [0.05, 0.1) is 9.74 Å². The Morgan fingerprint density at radius 3 is 2.10 bits per heavy atom. The van der Waals surface area contributed by atoms with Gasteiger partial charge in [-0.15, -0.1) is 0 Å². The Hall–Kier alpha value is -1.92. The Bertz CT molecular complexity index is 1100. The highest BCUT2D eigenvalue weighted by Crippen LogP contribution is 2.33. The zero-order chi connectivity index (χ0) is 21.8. The van der Waals surface area contributed by atoms with Crippen LogP contribution in [0.3, 0.4) is 0 Å². The van der Waals surface area contributed by atoms with Gasteiger partial charge in [-0.2, -0.15) is 5.26 Å². The number of alkyl halides is 1. The first-order chi connectivity index (χ1) is 15.0. The van der Waals surface area contributed by atoms with Crippen LogP contribution in [0.25, 0.3) is 22.5 Å². The molecule has 0 bridgehead atoms. The van der Waals surface area contributed by atoms with Crippen molar-refractivity contribution in [3.63, 3.8) is 0 Å². The highest BCUT2D eigenvalue weighted by atomic mass is 127. The molecule has 1 aliphatic rings. The molecule has 0 saturated carbocycles. The molecule has 2 aromatic carbocycles. The van der Waals surface area contributed by atoms with Gasteiger partial charge in [-0.25, -0.2) is 9.97 Å². The summed E-state index contributed by atoms with van der Waals surface area (Å²) in [6.45, 7) is 2.30. The van der Waals surface area contributed by atoms with Crippen LogP contribution in [0.15, 0.2) is 48.5 Å². The topological polar surface area (TPSA) is 62.0 Å². The maximum Gasteiger partial charge on any atom is 0.251 e. The summed E-state index contributed by atoms with van der Waals surface area (Å²) in [7, 11) is 0. The Morgan fingerprint density at radius 1 is 1.00 bits per heavy atom. The van der Waals surface area contributed by atoms with Crippen molar-refractivity contribution >= 4 is 45.8 Å². The highest BCUT2D eigenvalue weighted by molar-refractivity contribution is 14.1. The molecule has 1 saturated heterocycles. The average Bonchev–Trinajstić information content (AvgIpc) is 3.19. The standard InChI is InChI=1S/C23H19Cl2IN4O/c24-17-7-3-15(4-8-17)21-22(16-5-9-18(25)10-6-16)29-23(19(14-27)28-21)31-13-12-30-11-1-2-20(30)26/h3-10,20H,1-2,11-13H2. The molecule has 31 heavy (non-hydrogen) atoms. The summed E-state index contributed by atoms with van der Waals surface area (Å²) in [6.07, 6.45) is 2.40. The van der Waals surface area contributed by atoms with Gasteiger partial charge >= 0.3 is 0 Å². The van der Waals surface area contributed by atoms with Crippen molar-refractivity contribution in [2.45, 2.75) is 16.9 Å². The molecular weight excluding hydrogens is 546 g/mol. The summed E-state index contributed by atoms with van der Waals surface area (Å²) in [5.41, 5.74) is 3.03. The summed E-state index contributed by atoms with van der Waals surface area (Å²) in [4.78, 5) is 11.7. The van der Waals surface area contributed by atoms with Crippen LogP contribution in [0, 0.1) is 11.3 Å². The van der Waals surface area contributed by atoms with Crippen LogP contribution in [0.2, 0.25) is 10.0 Å². The smallest absolute Gasteiger partial charge is 0.251 e. The van der Waals surface area contributed by atoms with E-state index in [2.05, 4.69) is 38.5 Å². The van der Waals surface area contributed by atoms with Crippen LogP contribution >= 0.6 is 45.8 Å². The van der Waals surface area contributed by atoms with Crippen LogP contribution in [0.1, 0.15) is 18.5 Å². The van der Waals surface area contributed by atoms with Crippen LogP contribution < -0.4 is 4.74 Å². The van der Waals surface area contributed by atoms with Crippen molar-refractivity contribution in [3.05, 3.63) is 64.3 Å². The van der Waals surface area contributed by atoms with Crippen molar-refractivity contribution in [3.8, 4) is 34.5 Å². The molecule has 0 N–H and O–H groups in total. The van der Waals surface area contributed by atoms with E-state index in [4.69, 9.17) is 32.9 Å². The Balaban J connectivity index is 1.70. The number of rotatable bonds is 6. The number of likely N-dealkylation sites (tertiary alicyclic amines) is 1. The lowest BCUT2D eigenvalue weighted by Crippen LogP contribution is -2.29. The third-order valence-electron chi connectivity index (χ3n) is 5.11. The second-order valence-electron chi connectivity index (χ2n) is 7.16. The normalized spacial score (nSPS) is 16.3. The first kappa shape index (κ1) is 22.3. The van der Waals surface area contributed by atoms with Crippen molar-refractivity contribution in [2.24, 2.45) is 0 Å². The quantitative estimate of drug-likeness (QED) is 0.202. The van der Waals surface area contributed by atoms with Crippen LogP contribution in [0.4, 0.5) is 0 Å². The lowest BCUT2D eigenvalue weighted by molar-refractivity contribution is 0.226. The van der Waals surface area contributed by atoms with E-state index in [9.17, 15) is 5.26 Å².